The molecule has 1 aliphatic rings. The molecule has 0 spiro atoms. The molecule has 0 aliphatic heterocycles. The van der Waals surface area contributed by atoms with Crippen LogP contribution < -0.4 is 0 Å². The number of fused-ring (bicyclic) bond motifs is 1. The second-order valence-electron chi connectivity index (χ2n) is 3.56. The zero-order chi connectivity index (χ0) is 10.5. The average molecular weight is 200 g/mol. The molecule has 0 bridgehead atoms. The van der Waals surface area contributed by atoms with Crippen molar-refractivity contribution in [1.29, 1.82) is 0 Å². The molecule has 0 saturated heterocycles. The smallest absolute Gasteiger partial charge is 0.211 e. The van der Waals surface area contributed by atoms with E-state index in [0.29, 0.717) is 11.1 Å². The van der Waals surface area contributed by atoms with E-state index in [0.717, 1.165) is 0 Å². The first-order valence-electron chi connectivity index (χ1n) is 4.65. The van der Waals surface area contributed by atoms with Crippen LogP contribution in [0.25, 0.3) is 0 Å². The van der Waals surface area contributed by atoms with Gasteiger partial charge in [0.15, 0.2) is 0 Å². The number of benzene rings is 1. The summed E-state index contributed by atoms with van der Waals surface area (Å²) >= 11 is 0. The predicted molar refractivity (Wildman–Crippen MR) is 52.5 cm³/mol. The van der Waals surface area contributed by atoms with Gasteiger partial charge in [0.1, 0.15) is 5.76 Å². The van der Waals surface area contributed by atoms with Crippen molar-refractivity contribution in [2.75, 3.05) is 0 Å². The molecular weight excluding hydrogens is 192 g/mol. The molecule has 0 radical (unpaired) electrons. The molecule has 2 aromatic rings. The Labute approximate surface area is 86.0 Å². The highest BCUT2D eigenvalue weighted by molar-refractivity contribution is 6.14. The number of carbonyl (C=O) groups excluding carboxylic acids is 1. The summed E-state index contributed by atoms with van der Waals surface area (Å²) in [6, 6.07) is 10.3. The lowest BCUT2D eigenvalue weighted by atomic mass is 9.71. The van der Waals surface area contributed by atoms with Crippen molar-refractivity contribution in [3.05, 3.63) is 59.5 Å². The Hall–Kier alpha value is -1.87. The van der Waals surface area contributed by atoms with Gasteiger partial charge in [-0.1, -0.05) is 24.3 Å². The maximum Gasteiger partial charge on any atom is 0.211 e. The van der Waals surface area contributed by atoms with Gasteiger partial charge in [0.05, 0.1) is 6.26 Å². The highest BCUT2D eigenvalue weighted by Gasteiger charge is 2.53. The van der Waals surface area contributed by atoms with E-state index in [1.165, 1.54) is 6.26 Å². The molecule has 0 fully saturated rings. The van der Waals surface area contributed by atoms with E-state index in [1.807, 2.05) is 0 Å². The quantitative estimate of drug-likeness (QED) is 0.762. The van der Waals surface area contributed by atoms with Crippen LogP contribution in [-0.4, -0.2) is 10.9 Å². The van der Waals surface area contributed by atoms with Gasteiger partial charge in [-0.15, -0.1) is 0 Å². The first-order chi connectivity index (χ1) is 7.24. The average Bonchev–Trinajstić information content (AvgIpc) is 2.81. The molecule has 1 heterocycles. The van der Waals surface area contributed by atoms with E-state index in [4.69, 9.17) is 4.42 Å². The summed E-state index contributed by atoms with van der Waals surface area (Å²) in [5, 5.41) is 10.2. The fraction of sp³-hybridized carbons (Fsp3) is 0.0833. The van der Waals surface area contributed by atoms with Gasteiger partial charge in [-0.3, -0.25) is 4.79 Å². The SMILES string of the molecule is O=C1c2ccccc2[C@]1(O)c1ccco1. The van der Waals surface area contributed by atoms with Gasteiger partial charge < -0.3 is 9.52 Å². The van der Waals surface area contributed by atoms with Crippen LogP contribution in [0, 0.1) is 0 Å². The molecule has 1 aromatic carbocycles. The molecule has 74 valence electrons. The number of aliphatic hydroxyl groups is 1. The minimum Gasteiger partial charge on any atom is -0.465 e. The first-order valence-corrected chi connectivity index (χ1v) is 4.65. The standard InChI is InChI=1S/C12H8O3/c13-11-8-4-1-2-5-9(8)12(11,14)10-6-3-7-15-10/h1-7,14H/t12-/m0/s1. The number of ketones is 1. The van der Waals surface area contributed by atoms with Gasteiger partial charge in [-0.05, 0) is 12.1 Å². The molecule has 3 rings (SSSR count). The summed E-state index contributed by atoms with van der Waals surface area (Å²) in [5.74, 6) is -0.0146. The third-order valence-electron chi connectivity index (χ3n) is 2.77. The van der Waals surface area contributed by atoms with Crippen LogP contribution >= 0.6 is 0 Å². The van der Waals surface area contributed by atoms with Crippen LogP contribution in [-0.2, 0) is 5.60 Å². The molecule has 1 N–H and O–H groups in total. The summed E-state index contributed by atoms with van der Waals surface area (Å²) in [6.45, 7) is 0. The lowest BCUT2D eigenvalue weighted by Crippen LogP contribution is -2.46. The van der Waals surface area contributed by atoms with Crippen LogP contribution in [0.3, 0.4) is 0 Å². The van der Waals surface area contributed by atoms with Crippen molar-refractivity contribution < 1.29 is 14.3 Å². The monoisotopic (exact) mass is 200 g/mol. The van der Waals surface area contributed by atoms with Crippen molar-refractivity contribution in [3.63, 3.8) is 0 Å². The van der Waals surface area contributed by atoms with Crippen molar-refractivity contribution in [1.82, 2.24) is 0 Å². The van der Waals surface area contributed by atoms with E-state index in [2.05, 4.69) is 0 Å². The number of hydrogen-bond donors (Lipinski definition) is 1. The molecule has 0 saturated carbocycles. The highest BCUT2D eigenvalue weighted by atomic mass is 16.4. The molecule has 15 heavy (non-hydrogen) atoms. The predicted octanol–water partition coefficient (Wildman–Crippen LogP) is 1.71. The molecule has 3 heteroatoms. The van der Waals surface area contributed by atoms with Gasteiger partial charge in [0, 0.05) is 11.1 Å². The second-order valence-corrected chi connectivity index (χ2v) is 3.56. The Morgan fingerprint density at radius 1 is 1.13 bits per heavy atom. The summed E-state index contributed by atoms with van der Waals surface area (Å²) in [7, 11) is 0. The molecule has 0 amide bonds. The van der Waals surface area contributed by atoms with Crippen LogP contribution in [0.1, 0.15) is 21.7 Å². The van der Waals surface area contributed by atoms with Crippen LogP contribution in [0.5, 0.6) is 0 Å². The Morgan fingerprint density at radius 3 is 2.67 bits per heavy atom. The topological polar surface area (TPSA) is 50.4 Å². The van der Waals surface area contributed by atoms with Gasteiger partial charge >= 0.3 is 0 Å². The molecule has 0 unspecified atom stereocenters. The Kier molecular flexibility index (Phi) is 1.45. The van der Waals surface area contributed by atoms with Crippen LogP contribution in [0.4, 0.5) is 0 Å². The van der Waals surface area contributed by atoms with Crippen molar-refractivity contribution in [3.8, 4) is 0 Å². The molecule has 1 aliphatic carbocycles. The van der Waals surface area contributed by atoms with Gasteiger partial charge in [0.25, 0.3) is 0 Å². The number of rotatable bonds is 1. The second kappa shape index (κ2) is 2.58. The summed E-state index contributed by atoms with van der Waals surface area (Å²) < 4.78 is 5.10. The normalized spacial score (nSPS) is 23.4. The highest BCUT2D eigenvalue weighted by Crippen LogP contribution is 2.43. The van der Waals surface area contributed by atoms with Gasteiger partial charge in [-0.2, -0.15) is 0 Å². The molecular formula is C12H8O3. The van der Waals surface area contributed by atoms with Crippen LogP contribution in [0.2, 0.25) is 0 Å². The van der Waals surface area contributed by atoms with Crippen molar-refractivity contribution in [2.45, 2.75) is 5.60 Å². The van der Waals surface area contributed by atoms with Crippen molar-refractivity contribution >= 4 is 5.78 Å². The maximum atomic E-state index is 11.8. The zero-order valence-corrected chi connectivity index (χ0v) is 7.81. The number of furan rings is 1. The van der Waals surface area contributed by atoms with E-state index in [9.17, 15) is 9.90 Å². The fourth-order valence-electron chi connectivity index (χ4n) is 1.98. The molecule has 1 atom stereocenters. The van der Waals surface area contributed by atoms with E-state index < -0.39 is 5.60 Å². The number of hydrogen-bond acceptors (Lipinski definition) is 3. The minimum atomic E-state index is -1.57. The third kappa shape index (κ3) is 0.856. The first kappa shape index (κ1) is 8.44. The lowest BCUT2D eigenvalue weighted by molar-refractivity contribution is 0.0280. The van der Waals surface area contributed by atoms with Crippen LogP contribution in [0.15, 0.2) is 47.1 Å². The van der Waals surface area contributed by atoms with Gasteiger partial charge in [0.2, 0.25) is 11.4 Å². The number of carbonyl (C=O) groups is 1. The Bertz CT molecular complexity index is 528. The van der Waals surface area contributed by atoms with E-state index in [-0.39, 0.29) is 11.5 Å². The minimum absolute atomic E-state index is 0.284. The molecule has 1 aromatic heterocycles. The summed E-state index contributed by atoms with van der Waals surface area (Å²) in [6.07, 6.45) is 1.45. The maximum absolute atomic E-state index is 11.8. The number of Topliss-reactive ketones (excluding diaryl/α,β-unsaturated/α-hetero) is 1. The lowest BCUT2D eigenvalue weighted by Gasteiger charge is -2.35. The summed E-state index contributed by atoms with van der Waals surface area (Å²) in [4.78, 5) is 11.8. The zero-order valence-electron chi connectivity index (χ0n) is 7.81. The largest absolute Gasteiger partial charge is 0.465 e. The molecule has 3 nitrogen and oxygen atoms in total. The fourth-order valence-corrected chi connectivity index (χ4v) is 1.98. The third-order valence-corrected chi connectivity index (χ3v) is 2.77. The Balaban J connectivity index is 2.22. The summed E-state index contributed by atoms with van der Waals surface area (Å²) in [5.41, 5.74) is -0.388. The Morgan fingerprint density at radius 2 is 1.93 bits per heavy atom. The van der Waals surface area contributed by atoms with Crippen molar-refractivity contribution in [2.24, 2.45) is 0 Å². The van der Waals surface area contributed by atoms with Gasteiger partial charge in [-0.25, -0.2) is 0 Å². The van der Waals surface area contributed by atoms with E-state index >= 15 is 0 Å². The van der Waals surface area contributed by atoms with E-state index in [1.54, 1.807) is 36.4 Å².